The minimum absolute atomic E-state index is 0.140. The molecule has 9 N–H and O–H groups in total. The van der Waals surface area contributed by atoms with E-state index in [2.05, 4.69) is 28.4 Å². The first-order valence-electron chi connectivity index (χ1n) is 11.8. The summed E-state index contributed by atoms with van der Waals surface area (Å²) in [5.41, 5.74) is 5.50. The lowest BCUT2D eigenvalue weighted by Gasteiger charge is -2.19. The van der Waals surface area contributed by atoms with Crippen LogP contribution in [0.15, 0.2) is 17.1 Å². The summed E-state index contributed by atoms with van der Waals surface area (Å²) in [5, 5.41) is 13.5. The Kier molecular flexibility index (Phi) is 11.0. The molecule has 19 nitrogen and oxygen atoms in total. The Balaban J connectivity index is 1.59. The van der Waals surface area contributed by atoms with Gasteiger partial charge in [0.15, 0.2) is 0 Å². The second kappa shape index (κ2) is 13.4. The summed E-state index contributed by atoms with van der Waals surface area (Å²) in [4.78, 5) is 67.4. The molecule has 1 fully saturated rings. The molecule has 2 aromatic heterocycles. The summed E-state index contributed by atoms with van der Waals surface area (Å²) in [5.74, 6) is -0.140. The average molecular weight is 633 g/mol. The van der Waals surface area contributed by atoms with Crippen LogP contribution in [0.5, 0.6) is 0 Å². The van der Waals surface area contributed by atoms with E-state index in [1.807, 2.05) is 0 Å². The number of nitrogens with one attached hydrogen (secondary N) is 2. The largest absolute Gasteiger partial charge is 0.490 e. The second-order valence-corrected chi connectivity index (χ2v) is 13.1. The van der Waals surface area contributed by atoms with Crippen LogP contribution in [0.2, 0.25) is 0 Å². The third kappa shape index (κ3) is 9.92. The molecule has 226 valence electrons. The van der Waals surface area contributed by atoms with E-state index in [-0.39, 0.29) is 24.5 Å². The Hall–Kier alpha value is -1.82. The number of nitrogens with zero attached hydrogens (tertiary/aromatic N) is 2. The monoisotopic (exact) mass is 633 g/mol. The molecule has 5 atom stereocenters. The van der Waals surface area contributed by atoms with E-state index in [1.165, 1.54) is 6.20 Å². The Morgan fingerprint density at radius 2 is 1.90 bits per heavy atom. The highest BCUT2D eigenvalue weighted by Crippen LogP contribution is 2.66. The fourth-order valence-electron chi connectivity index (χ4n) is 3.76. The van der Waals surface area contributed by atoms with Crippen molar-refractivity contribution in [3.05, 3.63) is 28.4 Å². The number of fused-ring (bicyclic) bond motifs is 1. The number of H-pyrrole nitrogens is 1. The van der Waals surface area contributed by atoms with E-state index in [9.17, 15) is 38.2 Å². The highest BCUT2D eigenvalue weighted by molar-refractivity contribution is 7.66. The number of phosphoric ester groups is 1. The first-order valence-corrected chi connectivity index (χ1v) is 16.3. The SMILES string of the molecule is NCCCCCC(=O)NCc1cc2cn([C@H]3C[C@H](O)[C@@H](COP(=O)(O)OP(=O)(O)OP(=O)(O)O)O3)c(=O)nc2[nH]1. The molecule has 0 aliphatic carbocycles. The van der Waals surface area contributed by atoms with Gasteiger partial charge in [0, 0.05) is 30.1 Å². The molecule has 1 saturated heterocycles. The van der Waals surface area contributed by atoms with E-state index < -0.39 is 54.2 Å². The summed E-state index contributed by atoms with van der Waals surface area (Å²) in [6, 6.07) is 1.66. The molecule has 0 bridgehead atoms. The van der Waals surface area contributed by atoms with Gasteiger partial charge in [0.1, 0.15) is 18.0 Å². The highest BCUT2D eigenvalue weighted by Gasteiger charge is 2.43. The lowest BCUT2D eigenvalue weighted by molar-refractivity contribution is -0.121. The number of ether oxygens (including phenoxy) is 1. The molecular formula is C18H30N5O14P3. The van der Waals surface area contributed by atoms with E-state index >= 15 is 0 Å². The van der Waals surface area contributed by atoms with Gasteiger partial charge in [-0.1, -0.05) is 6.42 Å². The van der Waals surface area contributed by atoms with Gasteiger partial charge in [0.25, 0.3) is 0 Å². The molecule has 0 saturated carbocycles. The van der Waals surface area contributed by atoms with Crippen LogP contribution in [0.25, 0.3) is 11.0 Å². The fraction of sp³-hybridized carbons (Fsp3) is 0.611. The van der Waals surface area contributed by atoms with Crippen LogP contribution < -0.4 is 16.7 Å². The fourth-order valence-corrected chi connectivity index (χ4v) is 6.79. The maximum absolute atomic E-state index is 12.6. The summed E-state index contributed by atoms with van der Waals surface area (Å²) >= 11 is 0. The molecule has 40 heavy (non-hydrogen) atoms. The summed E-state index contributed by atoms with van der Waals surface area (Å²) in [7, 11) is -16.7. The summed E-state index contributed by atoms with van der Waals surface area (Å²) in [6.07, 6.45) is 0.260. The van der Waals surface area contributed by atoms with Gasteiger partial charge in [-0.15, -0.1) is 0 Å². The maximum Gasteiger partial charge on any atom is 0.490 e. The van der Waals surface area contributed by atoms with E-state index in [4.69, 9.17) is 20.3 Å². The maximum atomic E-state index is 12.6. The molecule has 1 aliphatic rings. The number of phosphoric acid groups is 3. The topological polar surface area (TPSA) is 295 Å². The quantitative estimate of drug-likeness (QED) is 0.0934. The van der Waals surface area contributed by atoms with Crippen molar-refractivity contribution in [1.29, 1.82) is 0 Å². The van der Waals surface area contributed by atoms with Crippen molar-refractivity contribution in [3.63, 3.8) is 0 Å². The standard InChI is InChI=1S/C18H30N5O14P3/c19-5-3-1-2-4-15(25)20-8-12-6-11-9-23(18(26)22-17(11)21-12)16-7-13(24)14(35-16)10-34-39(30,31)37-40(32,33)36-38(27,28)29/h6,9,13-14,16,24H,1-5,7-8,10,19H2,(H,20,25)(H,30,31)(H,32,33)(H,21,22,26)(H2,27,28,29)/t13-,14+,16+/m0/s1. The van der Waals surface area contributed by atoms with Gasteiger partial charge >= 0.3 is 29.2 Å². The Labute approximate surface area is 226 Å². The Bertz CT molecular complexity index is 1390. The number of rotatable bonds is 15. The summed E-state index contributed by atoms with van der Waals surface area (Å²) in [6.45, 7) is -0.146. The highest BCUT2D eigenvalue weighted by atomic mass is 31.3. The Morgan fingerprint density at radius 1 is 1.18 bits per heavy atom. The average Bonchev–Trinajstić information content (AvgIpc) is 3.38. The second-order valence-electron chi connectivity index (χ2n) is 8.72. The van der Waals surface area contributed by atoms with E-state index in [0.29, 0.717) is 30.5 Å². The van der Waals surface area contributed by atoms with Gasteiger partial charge in [0.2, 0.25) is 5.91 Å². The van der Waals surface area contributed by atoms with Crippen molar-refractivity contribution in [1.82, 2.24) is 19.9 Å². The van der Waals surface area contributed by atoms with Crippen LogP contribution in [-0.4, -0.2) is 70.5 Å². The molecule has 1 aliphatic heterocycles. The molecule has 0 radical (unpaired) electrons. The van der Waals surface area contributed by atoms with Crippen molar-refractivity contribution in [2.75, 3.05) is 13.2 Å². The number of amides is 1. The van der Waals surface area contributed by atoms with Crippen LogP contribution in [0, 0.1) is 0 Å². The minimum Gasteiger partial charge on any atom is -0.390 e. The van der Waals surface area contributed by atoms with Crippen LogP contribution in [-0.2, 0) is 42.9 Å². The van der Waals surface area contributed by atoms with Gasteiger partial charge in [-0.05, 0) is 25.5 Å². The van der Waals surface area contributed by atoms with E-state index in [1.54, 1.807) is 6.07 Å². The lowest BCUT2D eigenvalue weighted by Crippen LogP contribution is -2.28. The molecule has 3 rings (SSSR count). The van der Waals surface area contributed by atoms with Gasteiger partial charge in [-0.25, -0.2) is 18.5 Å². The summed E-state index contributed by atoms with van der Waals surface area (Å²) < 4.78 is 52.4. The van der Waals surface area contributed by atoms with E-state index in [0.717, 1.165) is 17.4 Å². The van der Waals surface area contributed by atoms with Crippen LogP contribution in [0.4, 0.5) is 0 Å². The number of nitrogens with two attached hydrogens (primary N) is 1. The number of hydrogen-bond acceptors (Lipinski definition) is 12. The molecule has 3 heterocycles. The van der Waals surface area contributed by atoms with Crippen LogP contribution >= 0.6 is 23.5 Å². The zero-order valence-electron chi connectivity index (χ0n) is 20.8. The van der Waals surface area contributed by atoms with Crippen LogP contribution in [0.1, 0.15) is 44.0 Å². The zero-order chi connectivity index (χ0) is 29.7. The molecule has 2 unspecified atom stereocenters. The van der Waals surface area contributed by atoms with Crippen molar-refractivity contribution in [2.24, 2.45) is 5.73 Å². The number of aliphatic hydroxyl groups is 1. The number of aromatic nitrogens is 3. The predicted octanol–water partition coefficient (Wildman–Crippen LogP) is -0.148. The number of unbranched alkanes of at least 4 members (excludes halogenated alkanes) is 2. The van der Waals surface area contributed by atoms with Gasteiger partial charge < -0.3 is 45.5 Å². The smallest absolute Gasteiger partial charge is 0.390 e. The molecule has 2 aromatic rings. The molecule has 0 aromatic carbocycles. The molecule has 22 heteroatoms. The third-order valence-electron chi connectivity index (χ3n) is 5.50. The number of carbonyl (C=O) groups excluding carboxylic acids is 1. The van der Waals surface area contributed by atoms with Gasteiger partial charge in [-0.2, -0.15) is 13.6 Å². The van der Waals surface area contributed by atoms with Crippen molar-refractivity contribution in [2.45, 2.75) is 57.1 Å². The molecule has 0 spiro atoms. The number of carbonyl (C=O) groups is 1. The number of aromatic amines is 1. The first kappa shape index (κ1) is 32.7. The predicted molar refractivity (Wildman–Crippen MR) is 134 cm³/mol. The van der Waals surface area contributed by atoms with Crippen LogP contribution in [0.3, 0.4) is 0 Å². The number of aliphatic hydroxyl groups excluding tert-OH is 1. The minimum atomic E-state index is -5.71. The van der Waals surface area contributed by atoms with Gasteiger partial charge in [-0.3, -0.25) is 13.9 Å². The van der Waals surface area contributed by atoms with Crippen molar-refractivity contribution in [3.8, 4) is 0 Å². The first-order chi connectivity index (χ1) is 18.6. The lowest BCUT2D eigenvalue weighted by atomic mass is 10.2. The number of hydrogen-bond donors (Lipinski definition) is 8. The molecule has 1 amide bonds. The molecular weight excluding hydrogens is 603 g/mol. The Morgan fingerprint density at radius 3 is 2.58 bits per heavy atom. The van der Waals surface area contributed by atoms with Crippen molar-refractivity contribution >= 4 is 40.4 Å². The third-order valence-corrected chi connectivity index (χ3v) is 9.31. The van der Waals surface area contributed by atoms with Crippen molar-refractivity contribution < 1.29 is 61.1 Å². The normalized spacial score (nSPS) is 22.7. The zero-order valence-corrected chi connectivity index (χ0v) is 23.5. The van der Waals surface area contributed by atoms with Gasteiger partial charge in [0.05, 0.1) is 19.3 Å².